The standard InChI is InChI=1S/C24H20ClF3N6O/c25-17-6-4-16(5-7-17)19-12-21(24(26,27)28)34-22(31-19)13-20(32-34)23(35)29-14-15-2-8-18(9-3-15)33-11-1-10-30-33/h1-11,13,19,21,31H,12,14H2,(H,29,35). The Bertz CT molecular complexity index is 1320. The first-order valence-corrected chi connectivity index (χ1v) is 11.2. The van der Waals surface area contributed by atoms with Gasteiger partial charge < -0.3 is 10.6 Å². The number of nitrogens with zero attached hydrogens (tertiary/aromatic N) is 4. The van der Waals surface area contributed by atoms with E-state index in [0.29, 0.717) is 10.6 Å². The molecule has 2 aromatic heterocycles. The topological polar surface area (TPSA) is 76.8 Å². The van der Waals surface area contributed by atoms with Crippen LogP contribution in [0.1, 0.15) is 40.1 Å². The number of carbonyl (C=O) groups is 1. The van der Waals surface area contributed by atoms with E-state index in [-0.39, 0.29) is 24.5 Å². The molecular formula is C24H20ClF3N6O. The van der Waals surface area contributed by atoms with Crippen molar-refractivity contribution in [2.75, 3.05) is 5.32 Å². The smallest absolute Gasteiger partial charge is 0.363 e. The number of hydrogen-bond donors (Lipinski definition) is 2. The number of carbonyl (C=O) groups excluding carboxylic acids is 1. The second-order valence-corrected chi connectivity index (χ2v) is 8.64. The predicted octanol–water partition coefficient (Wildman–Crippen LogP) is 5.31. The molecule has 1 aliphatic rings. The van der Waals surface area contributed by atoms with Crippen LogP contribution in [0.25, 0.3) is 5.69 Å². The Hall–Kier alpha value is -3.79. The highest BCUT2D eigenvalue weighted by Crippen LogP contribution is 2.43. The predicted molar refractivity (Wildman–Crippen MR) is 124 cm³/mol. The highest BCUT2D eigenvalue weighted by molar-refractivity contribution is 6.30. The van der Waals surface area contributed by atoms with E-state index in [1.54, 1.807) is 35.1 Å². The van der Waals surface area contributed by atoms with Crippen LogP contribution in [0, 0.1) is 0 Å². The summed E-state index contributed by atoms with van der Waals surface area (Å²) in [4.78, 5) is 12.7. The molecule has 2 N–H and O–H groups in total. The number of anilines is 1. The number of halogens is 4. The highest BCUT2D eigenvalue weighted by Gasteiger charge is 2.46. The fourth-order valence-electron chi connectivity index (χ4n) is 4.06. The van der Waals surface area contributed by atoms with Crippen LogP contribution in [0.2, 0.25) is 5.02 Å². The first-order chi connectivity index (χ1) is 16.8. The lowest BCUT2D eigenvalue weighted by Crippen LogP contribution is -2.35. The Morgan fingerprint density at radius 3 is 2.54 bits per heavy atom. The molecular weight excluding hydrogens is 481 g/mol. The summed E-state index contributed by atoms with van der Waals surface area (Å²) in [5, 5.41) is 14.4. The molecule has 0 saturated heterocycles. The zero-order valence-electron chi connectivity index (χ0n) is 18.2. The van der Waals surface area contributed by atoms with Crippen molar-refractivity contribution in [2.24, 2.45) is 0 Å². The molecule has 1 aliphatic heterocycles. The van der Waals surface area contributed by atoms with E-state index < -0.39 is 24.2 Å². The molecule has 7 nitrogen and oxygen atoms in total. The van der Waals surface area contributed by atoms with Crippen LogP contribution in [-0.2, 0) is 6.54 Å². The van der Waals surface area contributed by atoms with Gasteiger partial charge in [0.15, 0.2) is 11.7 Å². The normalized spacial score (nSPS) is 17.5. The van der Waals surface area contributed by atoms with Crippen LogP contribution in [0.3, 0.4) is 0 Å². The van der Waals surface area contributed by atoms with Crippen molar-refractivity contribution >= 4 is 23.3 Å². The van der Waals surface area contributed by atoms with Crippen LogP contribution >= 0.6 is 11.6 Å². The minimum absolute atomic E-state index is 0.0910. The molecule has 3 heterocycles. The van der Waals surface area contributed by atoms with E-state index in [2.05, 4.69) is 20.8 Å². The molecule has 0 bridgehead atoms. The van der Waals surface area contributed by atoms with Crippen LogP contribution in [0.5, 0.6) is 0 Å². The number of rotatable bonds is 5. The number of nitrogens with one attached hydrogen (secondary N) is 2. The molecule has 0 fully saturated rings. The summed E-state index contributed by atoms with van der Waals surface area (Å²) >= 11 is 5.91. The summed E-state index contributed by atoms with van der Waals surface area (Å²) < 4.78 is 44.2. The molecule has 35 heavy (non-hydrogen) atoms. The van der Waals surface area contributed by atoms with Gasteiger partial charge in [0.05, 0.1) is 11.7 Å². The van der Waals surface area contributed by atoms with Gasteiger partial charge in [-0.15, -0.1) is 0 Å². The monoisotopic (exact) mass is 500 g/mol. The Labute approximate surface area is 203 Å². The number of fused-ring (bicyclic) bond motifs is 1. The summed E-state index contributed by atoms with van der Waals surface area (Å²) in [6.45, 7) is 0.198. The highest BCUT2D eigenvalue weighted by atomic mass is 35.5. The third-order valence-electron chi connectivity index (χ3n) is 5.85. The summed E-state index contributed by atoms with van der Waals surface area (Å²) in [5.41, 5.74) is 2.27. The van der Waals surface area contributed by atoms with Crippen molar-refractivity contribution in [3.05, 3.63) is 94.9 Å². The van der Waals surface area contributed by atoms with E-state index in [1.165, 1.54) is 6.07 Å². The first kappa shape index (κ1) is 23.0. The molecule has 0 saturated carbocycles. The molecule has 180 valence electrons. The quantitative estimate of drug-likeness (QED) is 0.389. The Morgan fingerprint density at radius 1 is 1.14 bits per heavy atom. The number of amides is 1. The van der Waals surface area contributed by atoms with Gasteiger partial charge >= 0.3 is 6.18 Å². The van der Waals surface area contributed by atoms with Gasteiger partial charge in [-0.2, -0.15) is 23.4 Å². The second kappa shape index (κ2) is 9.10. The summed E-state index contributed by atoms with van der Waals surface area (Å²) in [5.74, 6) is -0.430. The maximum absolute atomic E-state index is 13.9. The zero-order valence-corrected chi connectivity index (χ0v) is 19.0. The minimum Gasteiger partial charge on any atom is -0.363 e. The molecule has 0 aliphatic carbocycles. The Morgan fingerprint density at radius 2 is 1.89 bits per heavy atom. The molecule has 11 heteroatoms. The van der Waals surface area contributed by atoms with Gasteiger partial charge in [0, 0.05) is 36.4 Å². The van der Waals surface area contributed by atoms with E-state index in [0.717, 1.165) is 15.9 Å². The van der Waals surface area contributed by atoms with Gasteiger partial charge in [-0.3, -0.25) is 4.79 Å². The largest absolute Gasteiger partial charge is 0.410 e. The van der Waals surface area contributed by atoms with E-state index in [1.807, 2.05) is 36.5 Å². The van der Waals surface area contributed by atoms with Crippen molar-refractivity contribution in [3.63, 3.8) is 0 Å². The van der Waals surface area contributed by atoms with E-state index in [4.69, 9.17) is 11.6 Å². The van der Waals surface area contributed by atoms with Crippen molar-refractivity contribution in [2.45, 2.75) is 31.2 Å². The molecule has 2 aromatic carbocycles. The fourth-order valence-corrected chi connectivity index (χ4v) is 4.19. The van der Waals surface area contributed by atoms with Gasteiger partial charge in [-0.05, 0) is 41.5 Å². The fraction of sp³-hybridized carbons (Fsp3) is 0.208. The molecule has 5 rings (SSSR count). The molecule has 4 aromatic rings. The van der Waals surface area contributed by atoms with Crippen LogP contribution < -0.4 is 10.6 Å². The van der Waals surface area contributed by atoms with Crippen LogP contribution in [0.4, 0.5) is 19.0 Å². The van der Waals surface area contributed by atoms with Crippen LogP contribution in [0.15, 0.2) is 73.1 Å². The molecule has 0 spiro atoms. The van der Waals surface area contributed by atoms with Gasteiger partial charge in [-0.25, -0.2) is 9.36 Å². The van der Waals surface area contributed by atoms with Gasteiger partial charge in [0.1, 0.15) is 5.82 Å². The van der Waals surface area contributed by atoms with E-state index >= 15 is 0 Å². The van der Waals surface area contributed by atoms with Crippen molar-refractivity contribution in [3.8, 4) is 5.69 Å². The van der Waals surface area contributed by atoms with Crippen LogP contribution in [-0.4, -0.2) is 31.6 Å². The minimum atomic E-state index is -4.53. The van der Waals surface area contributed by atoms with Gasteiger partial charge in [0.25, 0.3) is 5.91 Å². The molecule has 2 atom stereocenters. The van der Waals surface area contributed by atoms with Crippen molar-refractivity contribution < 1.29 is 18.0 Å². The molecule has 2 unspecified atom stereocenters. The number of aromatic nitrogens is 4. The molecule has 0 radical (unpaired) electrons. The summed E-state index contributed by atoms with van der Waals surface area (Å²) in [7, 11) is 0. The lowest BCUT2D eigenvalue weighted by molar-refractivity contribution is -0.173. The first-order valence-electron chi connectivity index (χ1n) is 10.8. The number of benzene rings is 2. The maximum Gasteiger partial charge on any atom is 0.410 e. The third-order valence-corrected chi connectivity index (χ3v) is 6.11. The molecule has 1 amide bonds. The van der Waals surface area contributed by atoms with Gasteiger partial charge in [-0.1, -0.05) is 35.9 Å². The SMILES string of the molecule is O=C(NCc1ccc(-n2cccn2)cc1)c1cc2n(n1)C(C(F)(F)F)CC(c1ccc(Cl)cc1)N2. The average Bonchev–Trinajstić information content (AvgIpc) is 3.52. The third kappa shape index (κ3) is 4.88. The average molecular weight is 501 g/mol. The Kier molecular flexibility index (Phi) is 5.98. The number of hydrogen-bond acceptors (Lipinski definition) is 4. The lowest BCUT2D eigenvalue weighted by atomic mass is 9.97. The number of alkyl halides is 3. The zero-order chi connectivity index (χ0) is 24.6. The Balaban J connectivity index is 1.31. The maximum atomic E-state index is 13.9. The van der Waals surface area contributed by atoms with Crippen molar-refractivity contribution in [1.82, 2.24) is 24.9 Å². The summed E-state index contributed by atoms with van der Waals surface area (Å²) in [6, 6.07) is 14.7. The second-order valence-electron chi connectivity index (χ2n) is 8.20. The van der Waals surface area contributed by atoms with Crippen molar-refractivity contribution in [1.29, 1.82) is 0 Å². The van der Waals surface area contributed by atoms with E-state index in [9.17, 15) is 18.0 Å². The summed E-state index contributed by atoms with van der Waals surface area (Å²) in [6.07, 6.45) is -1.30. The van der Waals surface area contributed by atoms with Gasteiger partial charge in [0.2, 0.25) is 0 Å². The lowest BCUT2D eigenvalue weighted by Gasteiger charge is -2.33.